The molecule has 0 atom stereocenters. The first kappa shape index (κ1) is 17.0. The molecule has 0 saturated heterocycles. The third kappa shape index (κ3) is 2.77. The van der Waals surface area contributed by atoms with E-state index >= 15 is 0 Å². The van der Waals surface area contributed by atoms with Gasteiger partial charge in [-0.25, -0.2) is 0 Å². The fourth-order valence-corrected chi connectivity index (χ4v) is 4.34. The Kier molecular flexibility index (Phi) is 3.89. The number of fused-ring (bicyclic) bond motifs is 2. The Morgan fingerprint density at radius 3 is 1.07 bits per heavy atom. The van der Waals surface area contributed by atoms with Gasteiger partial charge in [-0.15, -0.1) is 0 Å². The molecule has 0 heteroatoms. The molecule has 0 nitrogen and oxygen atoms in total. The second-order valence-electron chi connectivity index (χ2n) is 7.84. The zero-order chi connectivity index (χ0) is 19.9. The van der Waals surface area contributed by atoms with Gasteiger partial charge in [0.15, 0.2) is 0 Å². The third-order valence-electron chi connectivity index (χ3n) is 6.01. The molecule has 0 spiro atoms. The number of rotatable bonds is 4. The van der Waals surface area contributed by atoms with E-state index in [-0.39, 0.29) is 0 Å². The van der Waals surface area contributed by atoms with Crippen molar-refractivity contribution in [1.29, 1.82) is 0 Å². The van der Waals surface area contributed by atoms with E-state index in [2.05, 4.69) is 121 Å². The average Bonchev–Trinajstić information content (AvgIpc) is 2.76. The summed E-state index contributed by atoms with van der Waals surface area (Å²) in [5.41, 5.74) is 12.8. The highest BCUT2D eigenvalue weighted by molar-refractivity contribution is 6.06. The molecule has 0 unspecified atom stereocenters. The maximum Gasteiger partial charge on any atom is -0.00266 e. The van der Waals surface area contributed by atoms with Crippen LogP contribution in [0.15, 0.2) is 97.1 Å². The van der Waals surface area contributed by atoms with Crippen LogP contribution in [0.4, 0.5) is 0 Å². The normalized spacial score (nSPS) is 13.6. The summed E-state index contributed by atoms with van der Waals surface area (Å²) >= 11 is 0. The standard InChI is InChI=1S/C30H20/c1-3-7-23(8-4-1)29(27-17-13-21-11-15-25(21)19-27)30(24-9-5-2-6-10-24)28-18-14-22-12-16-26(22)20-28/h1-20H. The molecule has 0 bridgehead atoms. The molecular formula is C30H20. The van der Waals surface area contributed by atoms with Gasteiger partial charge in [0.25, 0.3) is 0 Å². The molecule has 6 rings (SSSR count). The first-order valence-electron chi connectivity index (χ1n) is 10.4. The van der Waals surface area contributed by atoms with Crippen molar-refractivity contribution < 1.29 is 0 Å². The molecule has 140 valence electrons. The van der Waals surface area contributed by atoms with Gasteiger partial charge in [0.1, 0.15) is 0 Å². The molecule has 0 N–H and O–H groups in total. The van der Waals surface area contributed by atoms with Crippen molar-refractivity contribution in [3.63, 3.8) is 0 Å². The van der Waals surface area contributed by atoms with Crippen molar-refractivity contribution in [3.8, 4) is 0 Å². The predicted octanol–water partition coefficient (Wildman–Crippen LogP) is 7.66. The molecule has 0 heterocycles. The Bertz CT molecular complexity index is 1240. The summed E-state index contributed by atoms with van der Waals surface area (Å²) < 4.78 is 0. The first-order valence-corrected chi connectivity index (χ1v) is 10.4. The van der Waals surface area contributed by atoms with Gasteiger partial charge in [0.05, 0.1) is 0 Å². The summed E-state index contributed by atoms with van der Waals surface area (Å²) in [6, 6.07) is 35.2. The molecule has 0 amide bonds. The second-order valence-corrected chi connectivity index (χ2v) is 7.84. The molecule has 0 saturated carbocycles. The van der Waals surface area contributed by atoms with E-state index in [1.54, 1.807) is 0 Å². The van der Waals surface area contributed by atoms with Crippen molar-refractivity contribution in [1.82, 2.24) is 0 Å². The highest BCUT2D eigenvalue weighted by Crippen LogP contribution is 2.40. The highest BCUT2D eigenvalue weighted by Gasteiger charge is 2.19. The van der Waals surface area contributed by atoms with Crippen molar-refractivity contribution in [2.75, 3.05) is 0 Å². The lowest BCUT2D eigenvalue weighted by atomic mass is 9.82. The third-order valence-corrected chi connectivity index (χ3v) is 6.01. The molecule has 0 radical (unpaired) electrons. The molecule has 30 heavy (non-hydrogen) atoms. The molecule has 2 aliphatic rings. The average molecular weight is 380 g/mol. The topological polar surface area (TPSA) is 0 Å². The van der Waals surface area contributed by atoms with Crippen LogP contribution in [0.25, 0.3) is 35.5 Å². The van der Waals surface area contributed by atoms with E-state index in [1.165, 1.54) is 55.7 Å². The van der Waals surface area contributed by atoms with E-state index in [1.807, 2.05) is 0 Å². The molecule has 4 aromatic carbocycles. The lowest BCUT2D eigenvalue weighted by Gasteiger charge is -2.21. The summed E-state index contributed by atoms with van der Waals surface area (Å²) in [7, 11) is 0. The van der Waals surface area contributed by atoms with Crippen LogP contribution in [-0.4, -0.2) is 0 Å². The fraction of sp³-hybridized carbons (Fsp3) is 0. The van der Waals surface area contributed by atoms with Crippen LogP contribution in [-0.2, 0) is 0 Å². The van der Waals surface area contributed by atoms with Gasteiger partial charge < -0.3 is 0 Å². The van der Waals surface area contributed by atoms with E-state index in [9.17, 15) is 0 Å². The largest absolute Gasteiger partial charge is 0.0622 e. The second kappa shape index (κ2) is 6.86. The summed E-state index contributed by atoms with van der Waals surface area (Å²) in [6.07, 6.45) is 8.73. The van der Waals surface area contributed by atoms with E-state index in [4.69, 9.17) is 0 Å². The van der Waals surface area contributed by atoms with Gasteiger partial charge in [0, 0.05) is 0 Å². The Balaban J connectivity index is 1.68. The van der Waals surface area contributed by atoms with Crippen LogP contribution in [0.1, 0.15) is 44.5 Å². The number of hydrogen-bond donors (Lipinski definition) is 0. The Morgan fingerprint density at radius 2 is 0.733 bits per heavy atom. The minimum Gasteiger partial charge on any atom is -0.0622 e. The smallest absolute Gasteiger partial charge is 0.00266 e. The molecule has 2 aliphatic carbocycles. The highest BCUT2D eigenvalue weighted by atomic mass is 14.2. The van der Waals surface area contributed by atoms with Gasteiger partial charge >= 0.3 is 0 Å². The van der Waals surface area contributed by atoms with Crippen molar-refractivity contribution in [2.24, 2.45) is 0 Å². The van der Waals surface area contributed by atoms with Crippen molar-refractivity contribution in [3.05, 3.63) is 142 Å². The summed E-state index contributed by atoms with van der Waals surface area (Å²) in [5.74, 6) is 0. The van der Waals surface area contributed by atoms with E-state index in [0.29, 0.717) is 0 Å². The first-order chi connectivity index (χ1) is 14.9. The van der Waals surface area contributed by atoms with Crippen LogP contribution >= 0.6 is 0 Å². The van der Waals surface area contributed by atoms with Crippen LogP contribution in [0, 0.1) is 0 Å². The quantitative estimate of drug-likeness (QED) is 0.275. The Morgan fingerprint density at radius 1 is 0.333 bits per heavy atom. The zero-order valence-corrected chi connectivity index (χ0v) is 16.5. The molecule has 0 fully saturated rings. The van der Waals surface area contributed by atoms with E-state index < -0.39 is 0 Å². The SMILES string of the molecule is C1=Cc2cc(C(=C(c3ccccc3)c3ccc4c(c3)C=C4)c3ccccc3)ccc21. The minimum atomic E-state index is 1.23. The van der Waals surface area contributed by atoms with Crippen LogP contribution < -0.4 is 0 Å². The Hall–Kier alpha value is -3.90. The van der Waals surface area contributed by atoms with Crippen molar-refractivity contribution in [2.45, 2.75) is 0 Å². The predicted molar refractivity (Wildman–Crippen MR) is 129 cm³/mol. The molecular weight excluding hydrogens is 360 g/mol. The Labute approximate surface area is 177 Å². The zero-order valence-electron chi connectivity index (χ0n) is 16.5. The fourth-order valence-electron chi connectivity index (χ4n) is 4.34. The van der Waals surface area contributed by atoms with Gasteiger partial charge in [-0.2, -0.15) is 0 Å². The summed E-state index contributed by atoms with van der Waals surface area (Å²) in [5, 5.41) is 0. The molecule has 0 aromatic heterocycles. The molecule has 0 aliphatic heterocycles. The van der Waals surface area contributed by atoms with Gasteiger partial charge in [0.2, 0.25) is 0 Å². The van der Waals surface area contributed by atoms with Gasteiger partial charge in [-0.3, -0.25) is 0 Å². The maximum atomic E-state index is 2.32. The lowest BCUT2D eigenvalue weighted by molar-refractivity contribution is 1.46. The monoisotopic (exact) mass is 380 g/mol. The summed E-state index contributed by atoms with van der Waals surface area (Å²) in [6.45, 7) is 0. The van der Waals surface area contributed by atoms with Crippen LogP contribution in [0.3, 0.4) is 0 Å². The van der Waals surface area contributed by atoms with Gasteiger partial charge in [-0.05, 0) is 67.8 Å². The molecule has 4 aromatic rings. The number of benzene rings is 4. The van der Waals surface area contributed by atoms with Gasteiger partial charge in [-0.1, -0.05) is 109 Å². The van der Waals surface area contributed by atoms with E-state index in [0.717, 1.165) is 0 Å². The number of hydrogen-bond acceptors (Lipinski definition) is 0. The lowest BCUT2D eigenvalue weighted by Crippen LogP contribution is -2.01. The summed E-state index contributed by atoms with van der Waals surface area (Å²) in [4.78, 5) is 0. The van der Waals surface area contributed by atoms with Crippen LogP contribution in [0.5, 0.6) is 0 Å². The van der Waals surface area contributed by atoms with Crippen LogP contribution in [0.2, 0.25) is 0 Å². The maximum absolute atomic E-state index is 2.32. The van der Waals surface area contributed by atoms with Crippen molar-refractivity contribution >= 4 is 35.5 Å². The minimum absolute atomic E-state index is 1.23.